The molecule has 2 N–H and O–H groups in total. The Bertz CT molecular complexity index is 1420. The molecule has 1 aliphatic rings. The predicted octanol–water partition coefficient (Wildman–Crippen LogP) is 6.62. The van der Waals surface area contributed by atoms with Crippen LogP contribution >= 0.6 is 68.4 Å². The number of anilines is 1. The van der Waals surface area contributed by atoms with Crippen LogP contribution in [-0.2, 0) is 16.2 Å². The third kappa shape index (κ3) is 6.95. The largest absolute Gasteiger partial charge is 0.487 e. The van der Waals surface area contributed by atoms with Crippen LogP contribution in [0.2, 0.25) is 10.0 Å². The summed E-state index contributed by atoms with van der Waals surface area (Å²) >= 11 is 16.5. The van der Waals surface area contributed by atoms with Gasteiger partial charge in [0.25, 0.3) is 5.91 Å². The first-order chi connectivity index (χ1) is 17.6. The molecule has 1 saturated heterocycles. The number of imide groups is 1. The topological polar surface area (TPSA) is 87.7 Å². The second-order valence-corrected chi connectivity index (χ2v) is 11.3. The molecule has 7 nitrogen and oxygen atoms in total. The first-order valence-electron chi connectivity index (χ1n) is 10.9. The van der Waals surface area contributed by atoms with E-state index in [0.29, 0.717) is 27.0 Å². The summed E-state index contributed by atoms with van der Waals surface area (Å²) in [6.45, 7) is 1.77. The van der Waals surface area contributed by atoms with Crippen molar-refractivity contribution in [3.05, 3.63) is 94.2 Å². The van der Waals surface area contributed by atoms with Crippen molar-refractivity contribution in [3.63, 3.8) is 0 Å². The zero-order valence-electron chi connectivity index (χ0n) is 19.3. The van der Waals surface area contributed by atoms with Crippen LogP contribution in [0.4, 0.5) is 10.5 Å². The maximum atomic E-state index is 12.9. The van der Waals surface area contributed by atoms with Crippen molar-refractivity contribution in [2.24, 2.45) is 0 Å². The molecule has 1 aliphatic heterocycles. The van der Waals surface area contributed by atoms with Gasteiger partial charge in [0.1, 0.15) is 24.6 Å². The fourth-order valence-electron chi connectivity index (χ4n) is 3.54. The fourth-order valence-corrected chi connectivity index (χ4v) is 6.13. The van der Waals surface area contributed by atoms with Gasteiger partial charge >= 0.3 is 6.03 Å². The lowest BCUT2D eigenvalue weighted by Gasteiger charge is -2.13. The van der Waals surface area contributed by atoms with Crippen molar-refractivity contribution in [3.8, 4) is 5.75 Å². The van der Waals surface area contributed by atoms with Crippen LogP contribution in [0, 0.1) is 14.1 Å². The number of ether oxygens (including phenoxy) is 1. The van der Waals surface area contributed by atoms with Gasteiger partial charge < -0.3 is 15.4 Å². The van der Waals surface area contributed by atoms with E-state index < -0.39 is 24.4 Å². The molecule has 0 aromatic heterocycles. The van der Waals surface area contributed by atoms with Crippen molar-refractivity contribution in [1.29, 1.82) is 0 Å². The van der Waals surface area contributed by atoms with Gasteiger partial charge in [-0.05, 0) is 106 Å². The second kappa shape index (κ2) is 12.0. The number of halogens is 4. The number of rotatable bonds is 7. The van der Waals surface area contributed by atoms with E-state index in [4.69, 9.17) is 27.9 Å². The molecule has 0 aliphatic carbocycles. The Balaban J connectivity index is 1.44. The van der Waals surface area contributed by atoms with Crippen molar-refractivity contribution in [2.75, 3.05) is 11.9 Å². The predicted molar refractivity (Wildman–Crippen MR) is 161 cm³/mol. The summed E-state index contributed by atoms with van der Waals surface area (Å²) < 4.78 is 7.63. The quantitative estimate of drug-likeness (QED) is 0.161. The lowest BCUT2D eigenvalue weighted by Crippen LogP contribution is -2.38. The molecule has 0 unspecified atom stereocenters. The zero-order valence-corrected chi connectivity index (χ0v) is 25.1. The summed E-state index contributed by atoms with van der Waals surface area (Å²) in [5.74, 6) is -0.376. The molecule has 3 aromatic rings. The van der Waals surface area contributed by atoms with Crippen molar-refractivity contribution in [2.45, 2.75) is 13.5 Å². The number of urea groups is 1. The summed E-state index contributed by atoms with van der Waals surface area (Å²) in [6, 6.07) is 15.5. The molecule has 1 heterocycles. The number of nitrogens with one attached hydrogen (secondary N) is 2. The van der Waals surface area contributed by atoms with Crippen molar-refractivity contribution < 1.29 is 19.1 Å². The number of amides is 4. The number of nitrogens with zero attached hydrogens (tertiary/aromatic N) is 1. The molecule has 4 rings (SSSR count). The van der Waals surface area contributed by atoms with Gasteiger partial charge in [-0.1, -0.05) is 41.4 Å². The minimum Gasteiger partial charge on any atom is -0.487 e. The van der Waals surface area contributed by atoms with Gasteiger partial charge in [0.05, 0.1) is 7.14 Å². The fraction of sp³-hybridized carbons (Fsp3) is 0.115. The highest BCUT2D eigenvalue weighted by Gasteiger charge is 2.35. The smallest absolute Gasteiger partial charge is 0.329 e. The molecular formula is C26H19Cl2I2N3O4. The van der Waals surface area contributed by atoms with E-state index in [9.17, 15) is 14.4 Å². The number of hydrogen-bond donors (Lipinski definition) is 2. The normalized spacial score (nSPS) is 14.2. The van der Waals surface area contributed by atoms with Gasteiger partial charge in [-0.25, -0.2) is 9.69 Å². The van der Waals surface area contributed by atoms with Crippen LogP contribution in [0.5, 0.6) is 5.75 Å². The van der Waals surface area contributed by atoms with Crippen LogP contribution in [0.1, 0.15) is 16.7 Å². The molecule has 3 aromatic carbocycles. The minimum atomic E-state index is -0.653. The highest BCUT2D eigenvalue weighted by Crippen LogP contribution is 2.32. The van der Waals surface area contributed by atoms with Gasteiger partial charge in [-0.3, -0.25) is 9.59 Å². The van der Waals surface area contributed by atoms with Crippen LogP contribution < -0.4 is 15.4 Å². The minimum absolute atomic E-state index is 0.0848. The Labute approximate surface area is 250 Å². The van der Waals surface area contributed by atoms with E-state index in [1.165, 1.54) is 0 Å². The Morgan fingerprint density at radius 2 is 1.81 bits per heavy atom. The molecule has 0 saturated carbocycles. The van der Waals surface area contributed by atoms with E-state index >= 15 is 0 Å². The molecular weight excluding hydrogens is 743 g/mol. The zero-order chi connectivity index (χ0) is 26.7. The summed E-state index contributed by atoms with van der Waals surface area (Å²) in [6.07, 6.45) is 1.57. The van der Waals surface area contributed by atoms with Crippen molar-refractivity contribution in [1.82, 2.24) is 10.2 Å². The van der Waals surface area contributed by atoms with Crippen LogP contribution in [0.3, 0.4) is 0 Å². The number of aryl methyl sites for hydroxylation is 1. The Morgan fingerprint density at radius 1 is 1.08 bits per heavy atom. The van der Waals surface area contributed by atoms with Gasteiger partial charge in [-0.15, -0.1) is 0 Å². The summed E-state index contributed by atoms with van der Waals surface area (Å²) in [5, 5.41) is 6.32. The van der Waals surface area contributed by atoms with Crippen LogP contribution in [0.25, 0.3) is 6.08 Å². The van der Waals surface area contributed by atoms with E-state index in [-0.39, 0.29) is 12.3 Å². The maximum Gasteiger partial charge on any atom is 0.329 e. The van der Waals surface area contributed by atoms with Crippen molar-refractivity contribution >= 4 is 98.0 Å². The van der Waals surface area contributed by atoms with E-state index in [1.807, 2.05) is 37.3 Å². The maximum absolute atomic E-state index is 12.9. The summed E-state index contributed by atoms with van der Waals surface area (Å²) in [7, 11) is 0. The Morgan fingerprint density at radius 3 is 2.49 bits per heavy atom. The second-order valence-electron chi connectivity index (χ2n) is 8.14. The average molecular weight is 762 g/mol. The number of carbonyl (C=O) groups is 3. The Kier molecular flexibility index (Phi) is 8.98. The highest BCUT2D eigenvalue weighted by atomic mass is 127. The van der Waals surface area contributed by atoms with Gasteiger partial charge in [0.15, 0.2) is 0 Å². The molecule has 4 amide bonds. The summed E-state index contributed by atoms with van der Waals surface area (Å²) in [5.41, 5.74) is 3.15. The molecule has 0 bridgehead atoms. The lowest BCUT2D eigenvalue weighted by atomic mass is 10.2. The molecule has 11 heteroatoms. The number of carbonyl (C=O) groups excluding carboxylic acids is 3. The van der Waals surface area contributed by atoms with E-state index in [0.717, 1.165) is 23.2 Å². The van der Waals surface area contributed by atoms with Crippen LogP contribution in [-0.4, -0.2) is 29.3 Å². The van der Waals surface area contributed by atoms with Gasteiger partial charge in [-0.2, -0.15) is 0 Å². The molecule has 1 fully saturated rings. The standard InChI is InChI=1S/C26H19Cl2I2N3O4/c1-14-3-2-4-18(7-14)31-23(34)12-33-25(35)22(32-26(33)36)10-15-8-20(29)24(21(30)9-15)37-13-16-5-6-17(27)11-19(16)28/h2-11H,12-13H2,1H3,(H,31,34)(H,32,36)/b22-10+. The van der Waals surface area contributed by atoms with Gasteiger partial charge in [0, 0.05) is 21.3 Å². The molecule has 0 radical (unpaired) electrons. The molecule has 0 spiro atoms. The molecule has 37 heavy (non-hydrogen) atoms. The average Bonchev–Trinajstić information content (AvgIpc) is 3.07. The first-order valence-corrected chi connectivity index (χ1v) is 13.8. The summed E-state index contributed by atoms with van der Waals surface area (Å²) in [4.78, 5) is 38.6. The van der Waals surface area contributed by atoms with E-state index in [2.05, 4.69) is 55.8 Å². The van der Waals surface area contributed by atoms with Crippen LogP contribution in [0.15, 0.2) is 60.3 Å². The third-order valence-corrected chi connectivity index (χ3v) is 7.47. The third-order valence-electron chi connectivity index (χ3n) is 5.28. The highest BCUT2D eigenvalue weighted by molar-refractivity contribution is 14.1. The lowest BCUT2D eigenvalue weighted by molar-refractivity contribution is -0.127. The number of hydrogen-bond acceptors (Lipinski definition) is 4. The van der Waals surface area contributed by atoms with E-state index in [1.54, 1.807) is 30.3 Å². The molecule has 0 atom stereocenters. The monoisotopic (exact) mass is 761 g/mol. The SMILES string of the molecule is Cc1cccc(NC(=O)CN2C(=O)N/C(=C/c3cc(I)c(OCc4ccc(Cl)cc4Cl)c(I)c3)C2=O)c1. The molecule has 190 valence electrons. The van der Waals surface area contributed by atoms with Gasteiger partial charge in [0.2, 0.25) is 5.91 Å². The first kappa shape index (κ1) is 27.7. The number of benzene rings is 3. The Hall–Kier alpha value is -2.35.